The quantitative estimate of drug-likeness (QED) is 0.597. The zero-order chi connectivity index (χ0) is 21.8. The van der Waals surface area contributed by atoms with E-state index in [-0.39, 0.29) is 5.91 Å². The summed E-state index contributed by atoms with van der Waals surface area (Å²) in [5.74, 6) is 0.695. The third-order valence-electron chi connectivity index (χ3n) is 5.92. The predicted molar refractivity (Wildman–Crippen MR) is 123 cm³/mol. The van der Waals surface area contributed by atoms with Crippen molar-refractivity contribution in [2.45, 2.75) is 20.3 Å². The molecule has 1 amide bonds. The van der Waals surface area contributed by atoms with Crippen molar-refractivity contribution in [2.75, 3.05) is 46.3 Å². The zero-order valence-electron chi connectivity index (χ0n) is 18.7. The number of amides is 1. The first-order chi connectivity index (χ1) is 15.0. The van der Waals surface area contributed by atoms with Crippen LogP contribution in [0.25, 0.3) is 11.5 Å². The lowest BCUT2D eigenvalue weighted by molar-refractivity contribution is 0.0949. The Labute approximate surface area is 184 Å². The SMILES string of the molecule is Cc1ccc(-n2nc(C)c(C(=O)NCCCN3CCN(C)CC3)c2-n2cccc2)cc1. The van der Waals surface area contributed by atoms with Gasteiger partial charge in [0, 0.05) is 45.1 Å². The molecule has 164 valence electrons. The van der Waals surface area contributed by atoms with E-state index in [9.17, 15) is 4.79 Å². The number of aryl methyl sites for hydroxylation is 2. The molecule has 7 nitrogen and oxygen atoms in total. The second-order valence-corrected chi connectivity index (χ2v) is 8.38. The summed E-state index contributed by atoms with van der Waals surface area (Å²) in [5, 5.41) is 7.84. The Morgan fingerprint density at radius 2 is 1.71 bits per heavy atom. The lowest BCUT2D eigenvalue weighted by Gasteiger charge is -2.32. The van der Waals surface area contributed by atoms with E-state index in [1.807, 2.05) is 52.8 Å². The molecular weight excluding hydrogens is 388 g/mol. The van der Waals surface area contributed by atoms with Crippen LogP contribution in [-0.4, -0.2) is 76.4 Å². The maximum atomic E-state index is 13.2. The van der Waals surface area contributed by atoms with Gasteiger partial charge in [-0.1, -0.05) is 17.7 Å². The summed E-state index contributed by atoms with van der Waals surface area (Å²) in [7, 11) is 2.17. The molecule has 2 aromatic heterocycles. The third kappa shape index (κ3) is 4.89. The van der Waals surface area contributed by atoms with E-state index in [1.54, 1.807) is 0 Å². The zero-order valence-corrected chi connectivity index (χ0v) is 18.7. The highest BCUT2D eigenvalue weighted by atomic mass is 16.1. The van der Waals surface area contributed by atoms with Crippen LogP contribution in [0, 0.1) is 13.8 Å². The van der Waals surface area contributed by atoms with Crippen LogP contribution < -0.4 is 5.32 Å². The van der Waals surface area contributed by atoms with Gasteiger partial charge in [0.15, 0.2) is 5.82 Å². The molecule has 1 aliphatic heterocycles. The summed E-state index contributed by atoms with van der Waals surface area (Å²) in [6, 6.07) is 12.1. The Morgan fingerprint density at radius 3 is 2.39 bits per heavy atom. The Hall–Kier alpha value is -2.90. The minimum absolute atomic E-state index is 0.0714. The standard InChI is InChI=1S/C24H32N6O/c1-19-7-9-21(10-8-19)30-24(29-13-4-5-14-29)22(20(2)26-30)23(31)25-11-6-12-28-17-15-27(3)16-18-28/h4-5,7-10,13-14H,6,11-12,15-18H2,1-3H3,(H,25,31). The molecule has 1 aliphatic rings. The van der Waals surface area contributed by atoms with E-state index in [1.165, 1.54) is 5.56 Å². The Morgan fingerprint density at radius 1 is 1.03 bits per heavy atom. The number of hydrogen-bond donors (Lipinski definition) is 1. The van der Waals surface area contributed by atoms with E-state index in [2.05, 4.69) is 41.2 Å². The molecule has 1 N–H and O–H groups in total. The second-order valence-electron chi connectivity index (χ2n) is 8.38. The molecule has 7 heteroatoms. The molecule has 0 saturated carbocycles. The van der Waals surface area contributed by atoms with Gasteiger partial charge in [-0.25, -0.2) is 4.68 Å². The fourth-order valence-electron chi connectivity index (χ4n) is 4.03. The van der Waals surface area contributed by atoms with Gasteiger partial charge in [0.2, 0.25) is 0 Å². The third-order valence-corrected chi connectivity index (χ3v) is 5.92. The molecule has 0 atom stereocenters. The molecule has 3 heterocycles. The average Bonchev–Trinajstić information content (AvgIpc) is 3.40. The lowest BCUT2D eigenvalue weighted by Crippen LogP contribution is -2.45. The molecule has 4 rings (SSSR count). The monoisotopic (exact) mass is 420 g/mol. The molecule has 1 saturated heterocycles. The van der Waals surface area contributed by atoms with Gasteiger partial charge in [0.1, 0.15) is 5.56 Å². The highest BCUT2D eigenvalue weighted by molar-refractivity contribution is 5.98. The number of carbonyl (C=O) groups excluding carboxylic acids is 1. The van der Waals surface area contributed by atoms with Crippen molar-refractivity contribution in [1.29, 1.82) is 0 Å². The van der Waals surface area contributed by atoms with Gasteiger partial charge in [0.05, 0.1) is 11.4 Å². The number of likely N-dealkylation sites (N-methyl/N-ethyl adjacent to an activating group) is 1. The van der Waals surface area contributed by atoms with Gasteiger partial charge < -0.3 is 19.7 Å². The summed E-state index contributed by atoms with van der Waals surface area (Å²) >= 11 is 0. The topological polar surface area (TPSA) is 58.3 Å². The first-order valence-electron chi connectivity index (χ1n) is 11.0. The van der Waals surface area contributed by atoms with Crippen LogP contribution in [0.1, 0.15) is 28.0 Å². The first-order valence-corrected chi connectivity index (χ1v) is 11.0. The molecule has 0 unspecified atom stereocenters. The minimum atomic E-state index is -0.0714. The van der Waals surface area contributed by atoms with Crippen LogP contribution in [0.15, 0.2) is 48.8 Å². The van der Waals surface area contributed by atoms with Crippen molar-refractivity contribution in [2.24, 2.45) is 0 Å². The Bertz CT molecular complexity index is 998. The van der Waals surface area contributed by atoms with Crippen molar-refractivity contribution in [1.82, 2.24) is 29.5 Å². The van der Waals surface area contributed by atoms with E-state index in [0.717, 1.165) is 56.3 Å². The van der Waals surface area contributed by atoms with Crippen LogP contribution >= 0.6 is 0 Å². The Kier molecular flexibility index (Phi) is 6.53. The fourth-order valence-corrected chi connectivity index (χ4v) is 4.03. The van der Waals surface area contributed by atoms with E-state index in [0.29, 0.717) is 12.1 Å². The van der Waals surface area contributed by atoms with Crippen molar-refractivity contribution in [3.05, 3.63) is 65.6 Å². The molecular formula is C24H32N6O. The van der Waals surface area contributed by atoms with Crippen LogP contribution in [0.2, 0.25) is 0 Å². The van der Waals surface area contributed by atoms with Gasteiger partial charge in [-0.05, 0) is 58.1 Å². The second kappa shape index (κ2) is 9.49. The van der Waals surface area contributed by atoms with Crippen LogP contribution in [0.4, 0.5) is 0 Å². The number of rotatable bonds is 7. The smallest absolute Gasteiger partial charge is 0.256 e. The number of carbonyl (C=O) groups is 1. The summed E-state index contributed by atoms with van der Waals surface area (Å²) in [6.07, 6.45) is 4.84. The van der Waals surface area contributed by atoms with E-state index in [4.69, 9.17) is 5.10 Å². The maximum absolute atomic E-state index is 13.2. The predicted octanol–water partition coefficient (Wildman–Crippen LogP) is 2.65. The number of nitrogens with one attached hydrogen (secondary N) is 1. The van der Waals surface area contributed by atoms with Gasteiger partial charge in [-0.2, -0.15) is 5.10 Å². The number of nitrogens with zero attached hydrogens (tertiary/aromatic N) is 5. The van der Waals surface area contributed by atoms with Crippen LogP contribution in [0.5, 0.6) is 0 Å². The average molecular weight is 421 g/mol. The van der Waals surface area contributed by atoms with E-state index < -0.39 is 0 Å². The van der Waals surface area contributed by atoms with Crippen LogP contribution in [-0.2, 0) is 0 Å². The molecule has 0 spiro atoms. The lowest BCUT2D eigenvalue weighted by atomic mass is 10.2. The number of piperazine rings is 1. The molecule has 0 radical (unpaired) electrons. The number of aromatic nitrogens is 3. The van der Waals surface area contributed by atoms with E-state index >= 15 is 0 Å². The van der Waals surface area contributed by atoms with Gasteiger partial charge in [-0.15, -0.1) is 0 Å². The molecule has 0 aliphatic carbocycles. The molecule has 0 bridgehead atoms. The number of benzene rings is 1. The highest BCUT2D eigenvalue weighted by Gasteiger charge is 2.23. The van der Waals surface area contributed by atoms with Crippen molar-refractivity contribution in [3.8, 4) is 11.5 Å². The summed E-state index contributed by atoms with van der Waals surface area (Å²) in [4.78, 5) is 18.0. The van der Waals surface area contributed by atoms with Crippen molar-refractivity contribution >= 4 is 5.91 Å². The van der Waals surface area contributed by atoms with Crippen molar-refractivity contribution in [3.63, 3.8) is 0 Å². The Balaban J connectivity index is 1.49. The highest BCUT2D eigenvalue weighted by Crippen LogP contribution is 2.23. The molecule has 3 aromatic rings. The molecule has 31 heavy (non-hydrogen) atoms. The first kappa shape index (κ1) is 21.3. The summed E-state index contributed by atoms with van der Waals surface area (Å²) in [6.45, 7) is 10.1. The fraction of sp³-hybridized carbons (Fsp3) is 0.417. The van der Waals surface area contributed by atoms with Gasteiger partial charge >= 0.3 is 0 Å². The number of hydrogen-bond acceptors (Lipinski definition) is 4. The molecule has 1 aromatic carbocycles. The largest absolute Gasteiger partial charge is 0.352 e. The summed E-state index contributed by atoms with van der Waals surface area (Å²) < 4.78 is 3.81. The van der Waals surface area contributed by atoms with Crippen LogP contribution in [0.3, 0.4) is 0 Å². The normalized spacial score (nSPS) is 15.3. The minimum Gasteiger partial charge on any atom is -0.352 e. The van der Waals surface area contributed by atoms with Gasteiger partial charge in [-0.3, -0.25) is 4.79 Å². The van der Waals surface area contributed by atoms with Gasteiger partial charge in [0.25, 0.3) is 5.91 Å². The van der Waals surface area contributed by atoms with Crippen molar-refractivity contribution < 1.29 is 4.79 Å². The summed E-state index contributed by atoms with van der Waals surface area (Å²) in [5.41, 5.74) is 3.47. The maximum Gasteiger partial charge on any atom is 0.256 e. The molecule has 1 fully saturated rings.